The van der Waals surface area contributed by atoms with Gasteiger partial charge >= 0.3 is 6.09 Å². The summed E-state index contributed by atoms with van der Waals surface area (Å²) in [6, 6.07) is 0.219. The lowest BCUT2D eigenvalue weighted by Gasteiger charge is -2.41. The number of hydrogen-bond acceptors (Lipinski definition) is 4. The highest BCUT2D eigenvalue weighted by molar-refractivity contribution is 5.69. The Balaban J connectivity index is 2.63. The number of amides is 1. The van der Waals surface area contributed by atoms with Gasteiger partial charge in [-0.3, -0.25) is 0 Å². The molecule has 0 radical (unpaired) electrons. The van der Waals surface area contributed by atoms with E-state index in [-0.39, 0.29) is 24.8 Å². The maximum Gasteiger partial charge on any atom is 0.410 e. The Kier molecular flexibility index (Phi) is 6.07. The van der Waals surface area contributed by atoms with E-state index in [0.29, 0.717) is 13.2 Å². The summed E-state index contributed by atoms with van der Waals surface area (Å²) >= 11 is 0. The van der Waals surface area contributed by atoms with Gasteiger partial charge in [-0.15, -0.1) is 0 Å². The van der Waals surface area contributed by atoms with Crippen LogP contribution in [0.2, 0.25) is 0 Å². The van der Waals surface area contributed by atoms with E-state index in [2.05, 4.69) is 0 Å². The quantitative estimate of drug-likeness (QED) is 0.798. The molecule has 1 N–H and O–H groups in total. The molecule has 0 aromatic rings. The lowest BCUT2D eigenvalue weighted by atomic mass is 9.97. The van der Waals surface area contributed by atoms with Crippen LogP contribution in [0.4, 0.5) is 4.79 Å². The molecule has 0 saturated carbocycles. The van der Waals surface area contributed by atoms with Crippen LogP contribution in [0, 0.1) is 0 Å². The molecule has 0 unspecified atom stereocenters. The van der Waals surface area contributed by atoms with Crippen LogP contribution in [0.15, 0.2) is 0 Å². The third-order valence-electron chi connectivity index (χ3n) is 3.18. The van der Waals surface area contributed by atoms with Gasteiger partial charge in [-0.2, -0.15) is 0 Å². The molecule has 1 amide bonds. The van der Waals surface area contributed by atoms with Gasteiger partial charge in [0.2, 0.25) is 0 Å². The highest BCUT2D eigenvalue weighted by Crippen LogP contribution is 2.25. The topological polar surface area (TPSA) is 59.0 Å². The van der Waals surface area contributed by atoms with Crippen molar-refractivity contribution >= 4 is 6.09 Å². The third kappa shape index (κ3) is 5.37. The maximum atomic E-state index is 12.3. The lowest BCUT2D eigenvalue weighted by Crippen LogP contribution is -2.52. The van der Waals surface area contributed by atoms with Crippen LogP contribution >= 0.6 is 0 Å². The Morgan fingerprint density at radius 2 is 2.05 bits per heavy atom. The molecule has 1 heterocycles. The summed E-state index contributed by atoms with van der Waals surface area (Å²) in [5, 5.41) is 8.75. The predicted molar refractivity (Wildman–Crippen MR) is 73.1 cm³/mol. The summed E-state index contributed by atoms with van der Waals surface area (Å²) in [5.74, 6) is 0. The van der Waals surface area contributed by atoms with Gasteiger partial charge < -0.3 is 19.5 Å². The maximum absolute atomic E-state index is 12.3. The Morgan fingerprint density at radius 1 is 1.37 bits per heavy atom. The molecule has 2 atom stereocenters. The number of carbonyl (C=O) groups is 1. The fourth-order valence-electron chi connectivity index (χ4n) is 2.38. The highest BCUT2D eigenvalue weighted by Gasteiger charge is 2.34. The standard InChI is InChI=1S/C14H27NO4/c1-11-6-5-7-12(10-18-9-8-16)15(11)13(17)19-14(2,3)4/h11-12,16H,5-10H2,1-4H3/t11-,12-/m1/s1. The molecule has 0 aromatic carbocycles. The van der Waals surface area contributed by atoms with Gasteiger partial charge in [0, 0.05) is 6.04 Å². The number of carbonyl (C=O) groups excluding carboxylic acids is 1. The van der Waals surface area contributed by atoms with Crippen molar-refractivity contribution in [2.24, 2.45) is 0 Å². The number of ether oxygens (including phenoxy) is 2. The minimum Gasteiger partial charge on any atom is -0.444 e. The highest BCUT2D eigenvalue weighted by atomic mass is 16.6. The van der Waals surface area contributed by atoms with Gasteiger partial charge in [0.1, 0.15) is 5.60 Å². The van der Waals surface area contributed by atoms with Crippen LogP contribution in [0.25, 0.3) is 0 Å². The molecule has 1 aliphatic heterocycles. The van der Waals surface area contributed by atoms with Crippen molar-refractivity contribution in [1.29, 1.82) is 0 Å². The Bertz CT molecular complexity index is 288. The molecule has 0 bridgehead atoms. The van der Waals surface area contributed by atoms with Crippen LogP contribution < -0.4 is 0 Å². The Morgan fingerprint density at radius 3 is 2.63 bits per heavy atom. The van der Waals surface area contributed by atoms with E-state index in [4.69, 9.17) is 14.6 Å². The van der Waals surface area contributed by atoms with E-state index < -0.39 is 5.60 Å². The van der Waals surface area contributed by atoms with Crippen LogP contribution in [-0.2, 0) is 9.47 Å². The summed E-state index contributed by atoms with van der Waals surface area (Å²) < 4.78 is 10.8. The van der Waals surface area contributed by atoms with Crippen LogP contribution in [-0.4, -0.2) is 53.6 Å². The van der Waals surface area contributed by atoms with Crippen molar-refractivity contribution in [3.8, 4) is 0 Å². The molecule has 0 spiro atoms. The van der Waals surface area contributed by atoms with Crippen molar-refractivity contribution in [1.82, 2.24) is 4.90 Å². The number of piperidine rings is 1. The molecule has 5 heteroatoms. The zero-order valence-corrected chi connectivity index (χ0v) is 12.5. The van der Waals surface area contributed by atoms with Gasteiger partial charge in [-0.1, -0.05) is 0 Å². The summed E-state index contributed by atoms with van der Waals surface area (Å²) in [6.45, 7) is 8.44. The van der Waals surface area contributed by atoms with Crippen LogP contribution in [0.5, 0.6) is 0 Å². The average Bonchev–Trinajstić information content (AvgIpc) is 2.26. The van der Waals surface area contributed by atoms with Gasteiger partial charge in [0.25, 0.3) is 0 Å². The van der Waals surface area contributed by atoms with Crippen LogP contribution in [0.1, 0.15) is 47.0 Å². The molecule has 1 fully saturated rings. The predicted octanol–water partition coefficient (Wildman–Crippen LogP) is 2.17. The zero-order chi connectivity index (χ0) is 14.5. The van der Waals surface area contributed by atoms with E-state index >= 15 is 0 Å². The smallest absolute Gasteiger partial charge is 0.410 e. The number of hydrogen-bond donors (Lipinski definition) is 1. The van der Waals surface area contributed by atoms with E-state index in [1.54, 1.807) is 4.90 Å². The van der Waals surface area contributed by atoms with Crippen molar-refractivity contribution in [3.05, 3.63) is 0 Å². The first-order valence-corrected chi connectivity index (χ1v) is 7.05. The number of aliphatic hydroxyl groups is 1. The Hall–Kier alpha value is -0.810. The average molecular weight is 273 g/mol. The molecular formula is C14H27NO4. The fourth-order valence-corrected chi connectivity index (χ4v) is 2.38. The van der Waals surface area contributed by atoms with Gasteiger partial charge in [-0.25, -0.2) is 4.79 Å². The summed E-state index contributed by atoms with van der Waals surface area (Å²) in [5.41, 5.74) is -0.481. The number of aliphatic hydroxyl groups excluding tert-OH is 1. The minimum absolute atomic E-state index is 0.00864. The van der Waals surface area contributed by atoms with Crippen molar-refractivity contribution in [2.75, 3.05) is 19.8 Å². The normalized spacial score (nSPS) is 24.4. The zero-order valence-electron chi connectivity index (χ0n) is 12.5. The number of rotatable bonds is 4. The van der Waals surface area contributed by atoms with E-state index in [1.165, 1.54) is 0 Å². The Labute approximate surface area is 115 Å². The number of nitrogens with zero attached hydrogens (tertiary/aromatic N) is 1. The van der Waals surface area contributed by atoms with E-state index in [1.807, 2.05) is 27.7 Å². The van der Waals surface area contributed by atoms with Gasteiger partial charge in [0.05, 0.1) is 25.9 Å². The van der Waals surface area contributed by atoms with Gasteiger partial charge in [-0.05, 0) is 47.0 Å². The van der Waals surface area contributed by atoms with E-state index in [9.17, 15) is 4.79 Å². The lowest BCUT2D eigenvalue weighted by molar-refractivity contribution is -0.0248. The first-order chi connectivity index (χ1) is 8.85. The van der Waals surface area contributed by atoms with Crippen molar-refractivity contribution in [3.63, 3.8) is 0 Å². The molecular weight excluding hydrogens is 246 g/mol. The minimum atomic E-state index is -0.481. The van der Waals surface area contributed by atoms with E-state index in [0.717, 1.165) is 19.3 Å². The molecule has 112 valence electrons. The van der Waals surface area contributed by atoms with Crippen molar-refractivity contribution in [2.45, 2.75) is 64.6 Å². The molecule has 0 aliphatic carbocycles. The summed E-state index contributed by atoms with van der Waals surface area (Å²) in [4.78, 5) is 14.1. The second kappa shape index (κ2) is 7.10. The molecule has 5 nitrogen and oxygen atoms in total. The summed E-state index contributed by atoms with van der Waals surface area (Å²) in [7, 11) is 0. The molecule has 1 saturated heterocycles. The summed E-state index contributed by atoms with van der Waals surface area (Å²) in [6.07, 6.45) is 2.75. The molecule has 19 heavy (non-hydrogen) atoms. The first-order valence-electron chi connectivity index (χ1n) is 7.05. The first kappa shape index (κ1) is 16.2. The number of likely N-dealkylation sites (tertiary alicyclic amines) is 1. The third-order valence-corrected chi connectivity index (χ3v) is 3.18. The second-order valence-electron chi connectivity index (χ2n) is 6.12. The van der Waals surface area contributed by atoms with Crippen LogP contribution in [0.3, 0.4) is 0 Å². The SMILES string of the molecule is C[C@@H]1CCC[C@H](COCCO)N1C(=O)OC(C)(C)C. The largest absolute Gasteiger partial charge is 0.444 e. The monoisotopic (exact) mass is 273 g/mol. The van der Waals surface area contributed by atoms with Crippen molar-refractivity contribution < 1.29 is 19.4 Å². The second-order valence-corrected chi connectivity index (χ2v) is 6.12. The fraction of sp³-hybridized carbons (Fsp3) is 0.929. The molecule has 1 aliphatic rings. The molecule has 1 rings (SSSR count). The van der Waals surface area contributed by atoms with Gasteiger partial charge in [0.15, 0.2) is 0 Å². The molecule has 0 aromatic heterocycles.